The number of amides is 1. The van der Waals surface area contributed by atoms with Gasteiger partial charge >= 0.3 is 0 Å². The van der Waals surface area contributed by atoms with Gasteiger partial charge in [0.15, 0.2) is 10.7 Å². The van der Waals surface area contributed by atoms with E-state index in [-0.39, 0.29) is 11.0 Å². The van der Waals surface area contributed by atoms with Crippen LogP contribution < -0.4 is 15.4 Å². The minimum atomic E-state index is -0.345. The molecule has 5 aromatic carbocycles. The van der Waals surface area contributed by atoms with Gasteiger partial charge in [0.1, 0.15) is 17.9 Å². The second kappa shape index (κ2) is 11.2. The molecule has 1 aromatic heterocycles. The zero-order valence-corrected chi connectivity index (χ0v) is 22.6. The van der Waals surface area contributed by atoms with Gasteiger partial charge in [0, 0.05) is 27.2 Å². The summed E-state index contributed by atoms with van der Waals surface area (Å²) in [6.07, 6.45) is 0. The number of benzene rings is 5. The second-order valence-corrected chi connectivity index (χ2v) is 9.87. The molecule has 0 saturated heterocycles. The third-order valence-electron chi connectivity index (χ3n) is 6.32. The van der Waals surface area contributed by atoms with E-state index in [4.69, 9.17) is 38.0 Å². The maximum Gasteiger partial charge on any atom is 0.257 e. The molecular formula is C32H22ClN3O3S. The van der Waals surface area contributed by atoms with Gasteiger partial charge in [-0.25, -0.2) is 4.98 Å². The number of carbonyl (C=O) groups excluding carboxylic acids is 1. The van der Waals surface area contributed by atoms with Gasteiger partial charge in [0.2, 0.25) is 5.89 Å². The first kappa shape index (κ1) is 25.6. The molecule has 0 unspecified atom stereocenters. The topological polar surface area (TPSA) is 76.4 Å². The van der Waals surface area contributed by atoms with Crippen molar-refractivity contribution in [2.24, 2.45) is 0 Å². The Morgan fingerprint density at radius 3 is 2.55 bits per heavy atom. The molecule has 0 aliphatic heterocycles. The van der Waals surface area contributed by atoms with E-state index in [0.29, 0.717) is 45.6 Å². The van der Waals surface area contributed by atoms with Crippen LogP contribution in [0.3, 0.4) is 0 Å². The van der Waals surface area contributed by atoms with Gasteiger partial charge in [-0.15, -0.1) is 0 Å². The molecule has 0 aliphatic carbocycles. The average molecular weight is 564 g/mol. The number of hydrogen-bond acceptors (Lipinski definition) is 5. The largest absolute Gasteiger partial charge is 0.489 e. The number of nitrogens with one attached hydrogen (secondary N) is 2. The molecular weight excluding hydrogens is 542 g/mol. The molecule has 6 aromatic rings. The summed E-state index contributed by atoms with van der Waals surface area (Å²) in [7, 11) is 0. The molecule has 0 spiro atoms. The number of nitrogens with zero attached hydrogens (tertiary/aromatic N) is 1. The zero-order valence-electron chi connectivity index (χ0n) is 21.1. The van der Waals surface area contributed by atoms with Crippen LogP contribution in [0.2, 0.25) is 5.02 Å². The molecule has 0 atom stereocenters. The first-order valence-electron chi connectivity index (χ1n) is 12.5. The van der Waals surface area contributed by atoms with Crippen LogP contribution in [0.4, 0.5) is 5.69 Å². The normalized spacial score (nSPS) is 10.9. The van der Waals surface area contributed by atoms with E-state index in [1.807, 2.05) is 91.0 Å². The van der Waals surface area contributed by atoms with Crippen molar-refractivity contribution in [3.05, 3.63) is 125 Å². The number of anilines is 1. The van der Waals surface area contributed by atoms with Crippen molar-refractivity contribution >= 4 is 62.4 Å². The summed E-state index contributed by atoms with van der Waals surface area (Å²) in [5.41, 5.74) is 4.27. The summed E-state index contributed by atoms with van der Waals surface area (Å²) in [4.78, 5) is 17.5. The second-order valence-electron chi connectivity index (χ2n) is 9.05. The van der Waals surface area contributed by atoms with E-state index >= 15 is 0 Å². The monoisotopic (exact) mass is 563 g/mol. The maximum atomic E-state index is 12.8. The molecule has 0 bridgehead atoms. The van der Waals surface area contributed by atoms with E-state index in [1.54, 1.807) is 18.2 Å². The fourth-order valence-corrected chi connectivity index (χ4v) is 4.83. The standard InChI is InChI=1S/C32H22ClN3O3S/c33-27-14-6-11-24-25(27)12-5-13-26(24)31-35-28-18-22(15-16-29(28)39-31)34-32(40)36-30(37)21-9-4-10-23(17-21)38-19-20-7-2-1-3-8-20/h1-18H,19H2,(H2,34,36,37,40). The van der Waals surface area contributed by atoms with E-state index in [1.165, 1.54) is 0 Å². The van der Waals surface area contributed by atoms with E-state index in [9.17, 15) is 4.79 Å². The Bertz CT molecular complexity index is 1870. The summed E-state index contributed by atoms with van der Waals surface area (Å²) in [6, 6.07) is 33.8. The third kappa shape index (κ3) is 5.52. The highest BCUT2D eigenvalue weighted by atomic mass is 35.5. The maximum absolute atomic E-state index is 12.8. The SMILES string of the molecule is O=C(NC(=S)Nc1ccc2oc(-c3cccc4c(Cl)cccc34)nc2c1)c1cccc(OCc2ccccc2)c1. The summed E-state index contributed by atoms with van der Waals surface area (Å²) in [5, 5.41) is 8.49. The lowest BCUT2D eigenvalue weighted by molar-refractivity contribution is 0.0977. The Morgan fingerprint density at radius 2 is 1.68 bits per heavy atom. The van der Waals surface area contributed by atoms with Crippen molar-refractivity contribution in [2.45, 2.75) is 6.61 Å². The van der Waals surface area contributed by atoms with Crippen LogP contribution in [-0.2, 0) is 6.61 Å². The molecule has 6 rings (SSSR count). The highest BCUT2D eigenvalue weighted by molar-refractivity contribution is 7.80. The molecule has 8 heteroatoms. The molecule has 2 N–H and O–H groups in total. The zero-order chi connectivity index (χ0) is 27.5. The molecule has 6 nitrogen and oxygen atoms in total. The molecule has 1 heterocycles. The van der Waals surface area contributed by atoms with Crippen LogP contribution in [0.15, 0.2) is 114 Å². The van der Waals surface area contributed by atoms with Crippen molar-refractivity contribution in [1.82, 2.24) is 10.3 Å². The Balaban J connectivity index is 1.14. The Morgan fingerprint density at radius 1 is 0.875 bits per heavy atom. The lowest BCUT2D eigenvalue weighted by atomic mass is 10.0. The molecule has 196 valence electrons. The summed E-state index contributed by atoms with van der Waals surface area (Å²) >= 11 is 11.8. The lowest BCUT2D eigenvalue weighted by Crippen LogP contribution is -2.34. The van der Waals surface area contributed by atoms with E-state index in [0.717, 1.165) is 21.9 Å². The highest BCUT2D eigenvalue weighted by Gasteiger charge is 2.14. The fraction of sp³-hybridized carbons (Fsp3) is 0.0312. The molecule has 40 heavy (non-hydrogen) atoms. The van der Waals surface area contributed by atoms with Crippen molar-refractivity contribution in [3.63, 3.8) is 0 Å². The number of thiocarbonyl (C=S) groups is 1. The predicted molar refractivity (Wildman–Crippen MR) is 163 cm³/mol. The van der Waals surface area contributed by atoms with E-state index < -0.39 is 0 Å². The van der Waals surface area contributed by atoms with Crippen molar-refractivity contribution in [1.29, 1.82) is 0 Å². The number of fused-ring (bicyclic) bond motifs is 2. The number of oxazole rings is 1. The Kier molecular flexibility index (Phi) is 7.14. The number of aromatic nitrogens is 1. The van der Waals surface area contributed by atoms with E-state index in [2.05, 4.69) is 10.6 Å². The van der Waals surface area contributed by atoms with Crippen LogP contribution in [0.5, 0.6) is 5.75 Å². The predicted octanol–water partition coefficient (Wildman–Crippen LogP) is 8.01. The van der Waals surface area contributed by atoms with Gasteiger partial charge in [-0.05, 0) is 71.7 Å². The summed E-state index contributed by atoms with van der Waals surface area (Å²) in [6.45, 7) is 0.409. The fourth-order valence-electron chi connectivity index (χ4n) is 4.38. The molecule has 0 aliphatic rings. The van der Waals surface area contributed by atoms with Crippen LogP contribution in [-0.4, -0.2) is 16.0 Å². The van der Waals surface area contributed by atoms with Crippen molar-refractivity contribution in [3.8, 4) is 17.2 Å². The molecule has 0 saturated carbocycles. The summed E-state index contributed by atoms with van der Waals surface area (Å²) < 4.78 is 11.9. The number of rotatable bonds is 6. The lowest BCUT2D eigenvalue weighted by Gasteiger charge is -2.11. The van der Waals surface area contributed by atoms with Crippen LogP contribution in [0, 0.1) is 0 Å². The van der Waals surface area contributed by atoms with Crippen LogP contribution in [0.25, 0.3) is 33.3 Å². The number of halogens is 1. The van der Waals surface area contributed by atoms with Gasteiger partial charge < -0.3 is 14.5 Å². The Labute approximate surface area is 240 Å². The third-order valence-corrected chi connectivity index (χ3v) is 6.85. The highest BCUT2D eigenvalue weighted by Crippen LogP contribution is 2.34. The number of carbonyl (C=O) groups is 1. The van der Waals surface area contributed by atoms with Gasteiger partial charge in [-0.1, -0.05) is 72.3 Å². The molecule has 0 radical (unpaired) electrons. The number of hydrogen-bond donors (Lipinski definition) is 2. The van der Waals surface area contributed by atoms with Gasteiger partial charge in [-0.3, -0.25) is 10.1 Å². The molecule has 0 fully saturated rings. The van der Waals surface area contributed by atoms with Gasteiger partial charge in [-0.2, -0.15) is 0 Å². The minimum absolute atomic E-state index is 0.160. The van der Waals surface area contributed by atoms with Crippen molar-refractivity contribution in [2.75, 3.05) is 5.32 Å². The van der Waals surface area contributed by atoms with Gasteiger partial charge in [0.05, 0.1) is 0 Å². The van der Waals surface area contributed by atoms with Crippen LogP contribution >= 0.6 is 23.8 Å². The summed E-state index contributed by atoms with van der Waals surface area (Å²) in [5.74, 6) is 0.739. The smallest absolute Gasteiger partial charge is 0.257 e. The van der Waals surface area contributed by atoms with Gasteiger partial charge in [0.25, 0.3) is 5.91 Å². The Hall–Kier alpha value is -4.72. The van der Waals surface area contributed by atoms with Crippen molar-refractivity contribution < 1.29 is 13.9 Å². The number of ether oxygens (including phenoxy) is 1. The molecule has 1 amide bonds. The quantitative estimate of drug-likeness (QED) is 0.200. The average Bonchev–Trinajstić information content (AvgIpc) is 3.40. The minimum Gasteiger partial charge on any atom is -0.489 e. The van der Waals surface area contributed by atoms with Crippen LogP contribution in [0.1, 0.15) is 15.9 Å². The first-order valence-corrected chi connectivity index (χ1v) is 13.3. The first-order chi connectivity index (χ1) is 19.5.